The first-order valence-corrected chi connectivity index (χ1v) is 9.26. The molecule has 0 aliphatic heterocycles. The van der Waals surface area contributed by atoms with Crippen molar-refractivity contribution in [3.8, 4) is 0 Å². The SMILES string of the molecule is CC(C)NS(=O)(=O)c1ccc(NC(C)C2CCCC2)cc1. The maximum Gasteiger partial charge on any atom is 0.240 e. The van der Waals surface area contributed by atoms with E-state index in [1.54, 1.807) is 12.1 Å². The highest BCUT2D eigenvalue weighted by Crippen LogP contribution is 2.29. The van der Waals surface area contributed by atoms with Crippen molar-refractivity contribution in [2.75, 3.05) is 5.32 Å². The van der Waals surface area contributed by atoms with E-state index < -0.39 is 10.0 Å². The summed E-state index contributed by atoms with van der Waals surface area (Å²) in [6, 6.07) is 7.35. The summed E-state index contributed by atoms with van der Waals surface area (Å²) in [7, 11) is -3.40. The molecular weight excluding hydrogens is 284 g/mol. The van der Waals surface area contributed by atoms with Crippen LogP contribution in [0.4, 0.5) is 5.69 Å². The largest absolute Gasteiger partial charge is 0.382 e. The van der Waals surface area contributed by atoms with Gasteiger partial charge in [0, 0.05) is 17.8 Å². The number of benzene rings is 1. The molecule has 1 aliphatic carbocycles. The smallest absolute Gasteiger partial charge is 0.240 e. The van der Waals surface area contributed by atoms with Crippen LogP contribution in [0.1, 0.15) is 46.5 Å². The highest BCUT2D eigenvalue weighted by atomic mass is 32.2. The predicted octanol–water partition coefficient (Wildman–Crippen LogP) is 3.36. The zero-order valence-electron chi connectivity index (χ0n) is 13.1. The minimum atomic E-state index is -3.40. The third-order valence-electron chi connectivity index (χ3n) is 4.06. The topological polar surface area (TPSA) is 58.2 Å². The average molecular weight is 310 g/mol. The van der Waals surface area contributed by atoms with Crippen molar-refractivity contribution >= 4 is 15.7 Å². The van der Waals surface area contributed by atoms with E-state index in [0.717, 1.165) is 11.6 Å². The molecule has 1 aromatic rings. The second-order valence-corrected chi connectivity index (χ2v) is 7.99. The van der Waals surface area contributed by atoms with Crippen molar-refractivity contribution < 1.29 is 8.42 Å². The molecule has 0 bridgehead atoms. The van der Waals surface area contributed by atoms with Crippen LogP contribution < -0.4 is 10.0 Å². The Morgan fingerprint density at radius 1 is 1.05 bits per heavy atom. The molecule has 0 spiro atoms. The predicted molar refractivity (Wildman–Crippen MR) is 86.9 cm³/mol. The summed E-state index contributed by atoms with van der Waals surface area (Å²) >= 11 is 0. The zero-order valence-corrected chi connectivity index (χ0v) is 13.9. The highest BCUT2D eigenvalue weighted by molar-refractivity contribution is 7.89. The van der Waals surface area contributed by atoms with Crippen molar-refractivity contribution in [2.24, 2.45) is 5.92 Å². The molecule has 1 unspecified atom stereocenters. The van der Waals surface area contributed by atoms with Gasteiger partial charge in [-0.15, -0.1) is 0 Å². The van der Waals surface area contributed by atoms with Crippen molar-refractivity contribution in [3.05, 3.63) is 24.3 Å². The maximum atomic E-state index is 12.1. The molecule has 0 saturated heterocycles. The fourth-order valence-corrected chi connectivity index (χ4v) is 4.20. The van der Waals surface area contributed by atoms with Gasteiger partial charge in [-0.25, -0.2) is 13.1 Å². The second kappa shape index (κ2) is 6.79. The van der Waals surface area contributed by atoms with Gasteiger partial charge in [0.05, 0.1) is 4.90 Å². The Bertz CT molecular complexity index is 546. The van der Waals surface area contributed by atoms with E-state index in [0.29, 0.717) is 10.9 Å². The minimum Gasteiger partial charge on any atom is -0.382 e. The molecule has 2 N–H and O–H groups in total. The number of rotatable bonds is 6. The molecule has 0 heterocycles. The van der Waals surface area contributed by atoms with Crippen LogP contribution in [0.15, 0.2) is 29.2 Å². The molecule has 21 heavy (non-hydrogen) atoms. The first kappa shape index (κ1) is 16.3. The van der Waals surface area contributed by atoms with Crippen LogP contribution in [0.3, 0.4) is 0 Å². The van der Waals surface area contributed by atoms with Crippen molar-refractivity contribution in [1.82, 2.24) is 4.72 Å². The van der Waals surface area contributed by atoms with E-state index >= 15 is 0 Å². The van der Waals surface area contributed by atoms with Gasteiger partial charge in [0.1, 0.15) is 0 Å². The summed E-state index contributed by atoms with van der Waals surface area (Å²) < 4.78 is 26.7. The maximum absolute atomic E-state index is 12.1. The Kier molecular flexibility index (Phi) is 5.27. The summed E-state index contributed by atoms with van der Waals surface area (Å²) in [6.45, 7) is 5.84. The summed E-state index contributed by atoms with van der Waals surface area (Å²) in [4.78, 5) is 0.315. The van der Waals surface area contributed by atoms with Crippen molar-refractivity contribution in [2.45, 2.75) is 63.4 Å². The van der Waals surface area contributed by atoms with E-state index in [1.807, 2.05) is 26.0 Å². The summed E-state index contributed by atoms with van der Waals surface area (Å²) in [6.07, 6.45) is 5.24. The van der Waals surface area contributed by atoms with Crippen LogP contribution in [-0.2, 0) is 10.0 Å². The monoisotopic (exact) mass is 310 g/mol. The molecule has 1 aliphatic rings. The lowest BCUT2D eigenvalue weighted by Gasteiger charge is -2.21. The molecule has 1 aromatic carbocycles. The first-order valence-electron chi connectivity index (χ1n) is 7.77. The average Bonchev–Trinajstić information content (AvgIpc) is 2.91. The minimum absolute atomic E-state index is 0.102. The number of hydrogen-bond acceptors (Lipinski definition) is 3. The lowest BCUT2D eigenvalue weighted by molar-refractivity contribution is 0.482. The molecule has 5 heteroatoms. The van der Waals surface area contributed by atoms with E-state index in [4.69, 9.17) is 0 Å². The van der Waals surface area contributed by atoms with Crippen LogP contribution >= 0.6 is 0 Å². The van der Waals surface area contributed by atoms with Gasteiger partial charge in [0.15, 0.2) is 0 Å². The van der Waals surface area contributed by atoms with Crippen LogP contribution in [0.25, 0.3) is 0 Å². The van der Waals surface area contributed by atoms with Gasteiger partial charge in [-0.1, -0.05) is 12.8 Å². The molecule has 1 atom stereocenters. The molecule has 0 aromatic heterocycles. The first-order chi connectivity index (χ1) is 9.88. The van der Waals surface area contributed by atoms with Gasteiger partial charge in [-0.3, -0.25) is 0 Å². The molecule has 2 rings (SSSR count). The Balaban J connectivity index is 2.01. The quantitative estimate of drug-likeness (QED) is 0.847. The van der Waals surface area contributed by atoms with Crippen LogP contribution in [0, 0.1) is 5.92 Å². The Labute approximate surface area is 128 Å². The zero-order chi connectivity index (χ0) is 15.5. The number of sulfonamides is 1. The lowest BCUT2D eigenvalue weighted by Crippen LogP contribution is -2.30. The molecule has 1 saturated carbocycles. The molecule has 0 amide bonds. The standard InChI is InChI=1S/C16H26N2O2S/c1-12(2)18-21(19,20)16-10-8-15(9-11-16)17-13(3)14-6-4-5-7-14/h8-14,17-18H,4-7H2,1-3H3. The van der Waals surface area contributed by atoms with E-state index in [-0.39, 0.29) is 6.04 Å². The third-order valence-corrected chi connectivity index (χ3v) is 5.73. The van der Waals surface area contributed by atoms with Crippen LogP contribution in [0.5, 0.6) is 0 Å². The fraction of sp³-hybridized carbons (Fsp3) is 0.625. The van der Waals surface area contributed by atoms with E-state index in [2.05, 4.69) is 17.0 Å². The molecule has 0 radical (unpaired) electrons. The Morgan fingerprint density at radius 2 is 1.62 bits per heavy atom. The number of nitrogens with one attached hydrogen (secondary N) is 2. The van der Waals surface area contributed by atoms with Gasteiger partial charge >= 0.3 is 0 Å². The van der Waals surface area contributed by atoms with Crippen molar-refractivity contribution in [1.29, 1.82) is 0 Å². The molecule has 1 fully saturated rings. The lowest BCUT2D eigenvalue weighted by atomic mass is 9.99. The summed E-state index contributed by atoms with van der Waals surface area (Å²) in [5, 5.41) is 3.49. The third kappa shape index (κ3) is 4.45. The second-order valence-electron chi connectivity index (χ2n) is 6.28. The van der Waals surface area contributed by atoms with Gasteiger partial charge in [-0.05, 0) is 63.8 Å². The van der Waals surface area contributed by atoms with Crippen LogP contribution in [0.2, 0.25) is 0 Å². The van der Waals surface area contributed by atoms with E-state index in [9.17, 15) is 8.42 Å². The Hall–Kier alpha value is -1.07. The molecule has 4 nitrogen and oxygen atoms in total. The van der Waals surface area contributed by atoms with Gasteiger partial charge in [-0.2, -0.15) is 0 Å². The Morgan fingerprint density at radius 3 is 2.14 bits per heavy atom. The number of hydrogen-bond donors (Lipinski definition) is 2. The summed E-state index contributed by atoms with van der Waals surface area (Å²) in [5.74, 6) is 0.732. The van der Waals surface area contributed by atoms with Crippen LogP contribution in [-0.4, -0.2) is 20.5 Å². The normalized spacial score (nSPS) is 18.1. The molecule has 118 valence electrons. The van der Waals surface area contributed by atoms with Gasteiger partial charge < -0.3 is 5.32 Å². The van der Waals surface area contributed by atoms with Gasteiger partial charge in [0.25, 0.3) is 0 Å². The highest BCUT2D eigenvalue weighted by Gasteiger charge is 2.21. The van der Waals surface area contributed by atoms with Crippen molar-refractivity contribution in [3.63, 3.8) is 0 Å². The summed E-state index contributed by atoms with van der Waals surface area (Å²) in [5.41, 5.74) is 0.984. The number of anilines is 1. The molecular formula is C16H26N2O2S. The van der Waals surface area contributed by atoms with Gasteiger partial charge in [0.2, 0.25) is 10.0 Å². The van der Waals surface area contributed by atoms with E-state index in [1.165, 1.54) is 25.7 Å². The fourth-order valence-electron chi connectivity index (χ4n) is 2.95.